The maximum absolute atomic E-state index is 12.5. The monoisotopic (exact) mass is 342 g/mol. The Morgan fingerprint density at radius 2 is 2.04 bits per heavy atom. The molecule has 1 aliphatic heterocycles. The fourth-order valence-electron chi connectivity index (χ4n) is 2.89. The van der Waals surface area contributed by atoms with Gasteiger partial charge in [-0.15, -0.1) is 0 Å². The van der Waals surface area contributed by atoms with E-state index in [2.05, 4.69) is 16.5 Å². The van der Waals surface area contributed by atoms with E-state index in [1.165, 1.54) is 39.5 Å². The largest absolute Gasteiger partial charge is 0.497 e. The Morgan fingerprint density at radius 1 is 1.26 bits per heavy atom. The zero-order valence-corrected chi connectivity index (χ0v) is 14.9. The average molecular weight is 342 g/mol. The van der Waals surface area contributed by atoms with Gasteiger partial charge in [0.05, 0.1) is 14.2 Å². The summed E-state index contributed by atoms with van der Waals surface area (Å²) in [7, 11) is -0.678. The second-order valence-corrected chi connectivity index (χ2v) is 7.53. The van der Waals surface area contributed by atoms with Gasteiger partial charge < -0.3 is 9.47 Å². The molecule has 1 N–H and O–H groups in total. The van der Waals surface area contributed by atoms with Gasteiger partial charge in [0.25, 0.3) is 0 Å². The van der Waals surface area contributed by atoms with Crippen LogP contribution >= 0.6 is 0 Å². The summed E-state index contributed by atoms with van der Waals surface area (Å²) < 4.78 is 38.0. The Labute approximate surface area is 138 Å². The molecule has 0 amide bonds. The van der Waals surface area contributed by atoms with Crippen LogP contribution in [-0.4, -0.2) is 53.2 Å². The summed E-state index contributed by atoms with van der Waals surface area (Å²) in [5, 5.41) is 0. The fourth-order valence-corrected chi connectivity index (χ4v) is 4.09. The van der Waals surface area contributed by atoms with E-state index in [0.29, 0.717) is 30.6 Å². The van der Waals surface area contributed by atoms with Crippen molar-refractivity contribution in [3.63, 3.8) is 0 Å². The fraction of sp³-hybridized carbons (Fsp3) is 0.625. The second kappa shape index (κ2) is 7.99. The Balaban J connectivity index is 2.03. The first kappa shape index (κ1) is 18.0. The Kier molecular flexibility index (Phi) is 6.26. The van der Waals surface area contributed by atoms with Crippen molar-refractivity contribution in [2.24, 2.45) is 0 Å². The zero-order chi connectivity index (χ0) is 16.9. The van der Waals surface area contributed by atoms with Crippen molar-refractivity contribution in [1.82, 2.24) is 9.62 Å². The Morgan fingerprint density at radius 3 is 2.70 bits per heavy atom. The van der Waals surface area contributed by atoms with Gasteiger partial charge in [-0.05, 0) is 38.4 Å². The molecule has 7 heteroatoms. The second-order valence-electron chi connectivity index (χ2n) is 5.80. The number of ether oxygens (including phenoxy) is 2. The van der Waals surface area contributed by atoms with Gasteiger partial charge in [-0.3, -0.25) is 4.90 Å². The molecule has 1 aromatic rings. The first-order valence-electron chi connectivity index (χ1n) is 7.93. The molecule has 23 heavy (non-hydrogen) atoms. The van der Waals surface area contributed by atoms with Crippen LogP contribution in [0.25, 0.3) is 0 Å². The summed E-state index contributed by atoms with van der Waals surface area (Å²) in [6, 6.07) is 5.26. The number of hydrogen-bond donors (Lipinski definition) is 1. The molecule has 0 spiro atoms. The van der Waals surface area contributed by atoms with E-state index >= 15 is 0 Å². The molecule has 2 rings (SSSR count). The lowest BCUT2D eigenvalue weighted by atomic mass is 10.0. The predicted octanol–water partition coefficient (Wildman–Crippen LogP) is 1.86. The minimum absolute atomic E-state index is 0.103. The lowest BCUT2D eigenvalue weighted by Crippen LogP contribution is -2.42. The van der Waals surface area contributed by atoms with Crippen LogP contribution in [0.3, 0.4) is 0 Å². The van der Waals surface area contributed by atoms with Crippen molar-refractivity contribution < 1.29 is 17.9 Å². The lowest BCUT2D eigenvalue weighted by Gasteiger charge is -2.33. The quantitative estimate of drug-likeness (QED) is 0.819. The third kappa shape index (κ3) is 4.59. The van der Waals surface area contributed by atoms with Crippen molar-refractivity contribution in [2.75, 3.05) is 33.9 Å². The van der Waals surface area contributed by atoms with E-state index in [-0.39, 0.29) is 4.90 Å². The molecule has 0 saturated carbocycles. The summed E-state index contributed by atoms with van der Waals surface area (Å²) in [6.45, 7) is 4.32. The molecule has 1 saturated heterocycles. The zero-order valence-electron chi connectivity index (χ0n) is 14.0. The number of nitrogens with zero attached hydrogens (tertiary/aromatic N) is 1. The molecule has 1 atom stereocenters. The predicted molar refractivity (Wildman–Crippen MR) is 89.6 cm³/mol. The molecule has 0 bridgehead atoms. The normalized spacial score (nSPS) is 19.5. The number of piperidine rings is 1. The maximum atomic E-state index is 12.5. The summed E-state index contributed by atoms with van der Waals surface area (Å²) in [5.41, 5.74) is 0. The number of rotatable bonds is 7. The minimum atomic E-state index is -3.64. The first-order valence-corrected chi connectivity index (χ1v) is 9.42. The molecular weight excluding hydrogens is 316 g/mol. The van der Waals surface area contributed by atoms with E-state index in [1.807, 2.05) is 0 Å². The van der Waals surface area contributed by atoms with Gasteiger partial charge in [0.1, 0.15) is 16.4 Å². The van der Waals surface area contributed by atoms with Crippen molar-refractivity contribution in [2.45, 2.75) is 37.1 Å². The number of benzene rings is 1. The molecule has 1 aliphatic rings. The summed E-state index contributed by atoms with van der Waals surface area (Å²) in [4.78, 5) is 2.43. The van der Waals surface area contributed by atoms with Gasteiger partial charge in [0.2, 0.25) is 10.0 Å². The minimum Gasteiger partial charge on any atom is -0.497 e. The number of sulfonamides is 1. The molecule has 130 valence electrons. The van der Waals surface area contributed by atoms with Crippen LogP contribution in [0.5, 0.6) is 11.5 Å². The van der Waals surface area contributed by atoms with E-state index < -0.39 is 10.0 Å². The topological polar surface area (TPSA) is 67.9 Å². The number of likely N-dealkylation sites (tertiary alicyclic amines) is 1. The molecule has 1 aromatic carbocycles. The highest BCUT2D eigenvalue weighted by Gasteiger charge is 2.22. The number of hydrogen-bond acceptors (Lipinski definition) is 5. The van der Waals surface area contributed by atoms with Crippen LogP contribution in [0, 0.1) is 0 Å². The van der Waals surface area contributed by atoms with Crippen LogP contribution in [0.15, 0.2) is 23.1 Å². The molecule has 0 radical (unpaired) electrons. The van der Waals surface area contributed by atoms with Gasteiger partial charge in [-0.2, -0.15) is 0 Å². The van der Waals surface area contributed by atoms with Crippen molar-refractivity contribution in [1.29, 1.82) is 0 Å². The standard InChI is InChI=1S/C16H26N2O4S/c1-13-6-4-5-10-18(13)11-9-17-23(19,20)16-12-14(21-2)7-8-15(16)22-3/h7-8,12-13,17H,4-6,9-11H2,1-3H3. The van der Waals surface area contributed by atoms with E-state index in [0.717, 1.165) is 6.54 Å². The van der Waals surface area contributed by atoms with E-state index in [1.54, 1.807) is 12.1 Å². The maximum Gasteiger partial charge on any atom is 0.244 e. The number of nitrogens with one attached hydrogen (secondary N) is 1. The molecule has 1 fully saturated rings. The third-order valence-corrected chi connectivity index (χ3v) is 5.77. The van der Waals surface area contributed by atoms with Crippen LogP contribution in [0.4, 0.5) is 0 Å². The van der Waals surface area contributed by atoms with Crippen LogP contribution in [-0.2, 0) is 10.0 Å². The molecule has 1 heterocycles. The van der Waals surface area contributed by atoms with Crippen LogP contribution in [0.1, 0.15) is 26.2 Å². The highest BCUT2D eigenvalue weighted by atomic mass is 32.2. The SMILES string of the molecule is COc1ccc(OC)c(S(=O)(=O)NCCN2CCCCC2C)c1. The van der Waals surface area contributed by atoms with Gasteiger partial charge >= 0.3 is 0 Å². The van der Waals surface area contributed by atoms with Gasteiger partial charge in [-0.1, -0.05) is 6.42 Å². The van der Waals surface area contributed by atoms with Gasteiger partial charge in [-0.25, -0.2) is 13.1 Å². The Hall–Kier alpha value is -1.31. The molecule has 0 aliphatic carbocycles. The summed E-state index contributed by atoms with van der Waals surface area (Å²) in [6.07, 6.45) is 3.61. The summed E-state index contributed by atoms with van der Waals surface area (Å²) >= 11 is 0. The molecule has 0 aromatic heterocycles. The van der Waals surface area contributed by atoms with Gasteiger partial charge in [0, 0.05) is 25.2 Å². The molecular formula is C16H26N2O4S. The lowest BCUT2D eigenvalue weighted by molar-refractivity contribution is 0.164. The van der Waals surface area contributed by atoms with Crippen molar-refractivity contribution in [3.8, 4) is 11.5 Å². The van der Waals surface area contributed by atoms with E-state index in [9.17, 15) is 8.42 Å². The van der Waals surface area contributed by atoms with Crippen LogP contribution in [0.2, 0.25) is 0 Å². The van der Waals surface area contributed by atoms with Gasteiger partial charge in [0.15, 0.2) is 0 Å². The Bertz CT molecular complexity index is 619. The van der Waals surface area contributed by atoms with Crippen molar-refractivity contribution in [3.05, 3.63) is 18.2 Å². The highest BCUT2D eigenvalue weighted by molar-refractivity contribution is 7.89. The molecule has 6 nitrogen and oxygen atoms in total. The first-order chi connectivity index (χ1) is 11.0. The highest BCUT2D eigenvalue weighted by Crippen LogP contribution is 2.27. The van der Waals surface area contributed by atoms with Crippen molar-refractivity contribution >= 4 is 10.0 Å². The molecule has 1 unspecified atom stereocenters. The number of methoxy groups -OCH3 is 2. The third-order valence-electron chi connectivity index (χ3n) is 4.29. The van der Waals surface area contributed by atoms with E-state index in [4.69, 9.17) is 9.47 Å². The average Bonchev–Trinajstić information content (AvgIpc) is 2.56. The van der Waals surface area contributed by atoms with Crippen LogP contribution < -0.4 is 14.2 Å². The smallest absolute Gasteiger partial charge is 0.244 e. The summed E-state index contributed by atoms with van der Waals surface area (Å²) in [5.74, 6) is 0.792.